The van der Waals surface area contributed by atoms with Crippen molar-refractivity contribution >= 4 is 39.1 Å². The van der Waals surface area contributed by atoms with E-state index in [4.69, 9.17) is 5.84 Å². The summed E-state index contributed by atoms with van der Waals surface area (Å²) in [5.74, 6) is 7.08. The van der Waals surface area contributed by atoms with Crippen LogP contribution in [0.5, 0.6) is 0 Å². The number of nitrogens with zero attached hydrogens (tertiary/aromatic N) is 2. The smallest absolute Gasteiger partial charge is 0.152 e. The Balaban J connectivity index is 1.83. The second-order valence-corrected chi connectivity index (χ2v) is 5.96. The molecule has 4 nitrogen and oxygen atoms in total. The Morgan fingerprint density at radius 1 is 1.30 bits per heavy atom. The monoisotopic (exact) mass is 306 g/mol. The molecule has 0 aliphatic carbocycles. The molecule has 0 spiro atoms. The molecule has 0 radical (unpaired) electrons. The number of halogens is 1. The van der Waals surface area contributed by atoms with Gasteiger partial charge in [-0.3, -0.25) is 0 Å². The van der Waals surface area contributed by atoms with E-state index in [-0.39, 0.29) is 5.82 Å². The highest BCUT2D eigenvalue weighted by Gasteiger charge is 2.08. The molecule has 0 unspecified atom stereocenters. The highest BCUT2D eigenvalue weighted by molar-refractivity contribution is 7.98. The van der Waals surface area contributed by atoms with Crippen LogP contribution in [0.25, 0.3) is 10.2 Å². The van der Waals surface area contributed by atoms with Gasteiger partial charge in [-0.1, -0.05) is 6.07 Å². The van der Waals surface area contributed by atoms with Crippen LogP contribution >= 0.6 is 23.1 Å². The topological polar surface area (TPSA) is 63.8 Å². The summed E-state index contributed by atoms with van der Waals surface area (Å²) in [6, 6.07) is 8.40. The predicted octanol–water partition coefficient (Wildman–Crippen LogP) is 3.41. The SMILES string of the molecule is NNc1nc(CSc2cccc(F)c2)nc2sccc12. The van der Waals surface area contributed by atoms with Crippen LogP contribution < -0.4 is 11.3 Å². The largest absolute Gasteiger partial charge is 0.308 e. The van der Waals surface area contributed by atoms with Crippen LogP contribution in [0.2, 0.25) is 0 Å². The lowest BCUT2D eigenvalue weighted by atomic mass is 10.4. The molecule has 102 valence electrons. The van der Waals surface area contributed by atoms with Crippen LogP contribution in [0.1, 0.15) is 5.82 Å². The average molecular weight is 306 g/mol. The molecule has 0 aliphatic heterocycles. The first-order valence-electron chi connectivity index (χ1n) is 5.85. The summed E-state index contributed by atoms with van der Waals surface area (Å²) in [4.78, 5) is 10.6. The van der Waals surface area contributed by atoms with Crippen LogP contribution in [0, 0.1) is 5.82 Å². The molecule has 0 aliphatic rings. The maximum Gasteiger partial charge on any atom is 0.152 e. The number of hydrogen-bond acceptors (Lipinski definition) is 6. The Morgan fingerprint density at radius 2 is 2.20 bits per heavy atom. The third-order valence-electron chi connectivity index (χ3n) is 2.67. The molecule has 0 bridgehead atoms. The van der Waals surface area contributed by atoms with E-state index in [9.17, 15) is 4.39 Å². The maximum absolute atomic E-state index is 13.1. The molecule has 0 saturated carbocycles. The van der Waals surface area contributed by atoms with Gasteiger partial charge in [0.2, 0.25) is 0 Å². The highest BCUT2D eigenvalue weighted by Crippen LogP contribution is 2.27. The maximum atomic E-state index is 13.1. The first-order chi connectivity index (χ1) is 9.76. The number of hydrazine groups is 1. The molecular formula is C13H11FN4S2. The zero-order valence-electron chi connectivity index (χ0n) is 10.3. The van der Waals surface area contributed by atoms with Crippen LogP contribution in [0.15, 0.2) is 40.6 Å². The Morgan fingerprint density at radius 3 is 3.00 bits per heavy atom. The molecule has 2 heterocycles. The van der Waals surface area contributed by atoms with Gasteiger partial charge >= 0.3 is 0 Å². The Bertz CT molecular complexity index is 744. The molecule has 0 amide bonds. The number of fused-ring (bicyclic) bond motifs is 1. The van der Waals surface area contributed by atoms with E-state index >= 15 is 0 Å². The average Bonchev–Trinajstić information content (AvgIpc) is 2.92. The van der Waals surface area contributed by atoms with Crippen molar-refractivity contribution in [3.8, 4) is 0 Å². The molecule has 0 fully saturated rings. The van der Waals surface area contributed by atoms with E-state index in [0.29, 0.717) is 17.4 Å². The van der Waals surface area contributed by atoms with E-state index in [1.165, 1.54) is 35.2 Å². The predicted molar refractivity (Wildman–Crippen MR) is 81.2 cm³/mol. The van der Waals surface area contributed by atoms with Gasteiger partial charge in [0, 0.05) is 4.90 Å². The summed E-state index contributed by atoms with van der Waals surface area (Å²) in [7, 11) is 0. The summed E-state index contributed by atoms with van der Waals surface area (Å²) in [5, 5.41) is 2.86. The number of nitrogens with one attached hydrogen (secondary N) is 1. The number of anilines is 1. The Hall–Kier alpha value is -1.70. The normalized spacial score (nSPS) is 10.9. The van der Waals surface area contributed by atoms with E-state index in [2.05, 4.69) is 15.4 Å². The van der Waals surface area contributed by atoms with Gasteiger partial charge in [0.1, 0.15) is 16.5 Å². The number of nitrogens with two attached hydrogens (primary N) is 1. The number of thioether (sulfide) groups is 1. The third kappa shape index (κ3) is 2.74. The molecule has 3 rings (SSSR count). The van der Waals surface area contributed by atoms with Gasteiger partial charge in [0.05, 0.1) is 11.1 Å². The standard InChI is InChI=1S/C13H11FN4S2/c14-8-2-1-3-9(6-8)20-7-11-16-12(18-15)10-4-5-19-13(10)17-11/h1-6H,7,15H2,(H,16,17,18). The summed E-state index contributed by atoms with van der Waals surface area (Å²) in [6.45, 7) is 0. The first-order valence-corrected chi connectivity index (χ1v) is 7.72. The van der Waals surface area contributed by atoms with Gasteiger partial charge < -0.3 is 5.43 Å². The molecule has 0 atom stereocenters. The van der Waals surface area contributed by atoms with E-state index < -0.39 is 0 Å². The summed E-state index contributed by atoms with van der Waals surface area (Å²) in [5.41, 5.74) is 2.59. The summed E-state index contributed by atoms with van der Waals surface area (Å²) in [6.07, 6.45) is 0. The fourth-order valence-electron chi connectivity index (χ4n) is 1.78. The minimum absolute atomic E-state index is 0.242. The van der Waals surface area contributed by atoms with Gasteiger partial charge in [0.25, 0.3) is 0 Å². The van der Waals surface area contributed by atoms with Crippen molar-refractivity contribution in [2.24, 2.45) is 5.84 Å². The van der Waals surface area contributed by atoms with Gasteiger partial charge in [-0.15, -0.1) is 23.1 Å². The number of aromatic nitrogens is 2. The lowest BCUT2D eigenvalue weighted by Crippen LogP contribution is -2.10. The lowest BCUT2D eigenvalue weighted by molar-refractivity contribution is 0.624. The van der Waals surface area contributed by atoms with Crippen LogP contribution in [0.3, 0.4) is 0 Å². The molecule has 3 N–H and O–H groups in total. The van der Waals surface area contributed by atoms with Crippen molar-refractivity contribution in [1.29, 1.82) is 0 Å². The fraction of sp³-hybridized carbons (Fsp3) is 0.0769. The minimum Gasteiger partial charge on any atom is -0.308 e. The van der Waals surface area contributed by atoms with Crippen LogP contribution in [-0.4, -0.2) is 9.97 Å². The van der Waals surface area contributed by atoms with Crippen LogP contribution in [-0.2, 0) is 5.75 Å². The number of nitrogen functional groups attached to an aromatic ring is 1. The zero-order chi connectivity index (χ0) is 13.9. The van der Waals surface area contributed by atoms with Crippen molar-refractivity contribution in [1.82, 2.24) is 9.97 Å². The molecular weight excluding hydrogens is 295 g/mol. The molecule has 1 aromatic carbocycles. The van der Waals surface area contributed by atoms with Crippen molar-refractivity contribution in [2.45, 2.75) is 10.6 Å². The van der Waals surface area contributed by atoms with Crippen molar-refractivity contribution in [3.05, 3.63) is 47.4 Å². The van der Waals surface area contributed by atoms with Gasteiger partial charge in [-0.2, -0.15) is 0 Å². The number of rotatable bonds is 4. The molecule has 20 heavy (non-hydrogen) atoms. The first kappa shape index (κ1) is 13.3. The molecule has 0 saturated heterocycles. The highest BCUT2D eigenvalue weighted by atomic mass is 32.2. The molecule has 2 aromatic heterocycles. The number of thiophene rings is 1. The van der Waals surface area contributed by atoms with Gasteiger partial charge in [-0.05, 0) is 29.6 Å². The van der Waals surface area contributed by atoms with E-state index in [0.717, 1.165) is 15.1 Å². The Labute approximate surface area is 123 Å². The van der Waals surface area contributed by atoms with Crippen molar-refractivity contribution < 1.29 is 4.39 Å². The lowest BCUT2D eigenvalue weighted by Gasteiger charge is -2.05. The zero-order valence-corrected chi connectivity index (χ0v) is 12.0. The van der Waals surface area contributed by atoms with Gasteiger partial charge in [0.15, 0.2) is 5.82 Å². The number of hydrogen-bond donors (Lipinski definition) is 2. The number of benzene rings is 1. The minimum atomic E-state index is -0.242. The van der Waals surface area contributed by atoms with E-state index in [1.807, 2.05) is 17.5 Å². The van der Waals surface area contributed by atoms with Crippen LogP contribution in [0.4, 0.5) is 10.2 Å². The quantitative estimate of drug-likeness (QED) is 0.439. The third-order valence-corrected chi connectivity index (χ3v) is 4.47. The Kier molecular flexibility index (Phi) is 3.81. The van der Waals surface area contributed by atoms with Crippen molar-refractivity contribution in [3.63, 3.8) is 0 Å². The summed E-state index contributed by atoms with van der Waals surface area (Å²) < 4.78 is 13.1. The molecule has 7 heteroatoms. The van der Waals surface area contributed by atoms with E-state index in [1.54, 1.807) is 6.07 Å². The fourth-order valence-corrected chi connectivity index (χ4v) is 3.36. The van der Waals surface area contributed by atoms with Crippen molar-refractivity contribution in [2.75, 3.05) is 5.43 Å². The second-order valence-electron chi connectivity index (χ2n) is 4.02. The van der Waals surface area contributed by atoms with Gasteiger partial charge in [-0.25, -0.2) is 20.2 Å². The summed E-state index contributed by atoms with van der Waals surface area (Å²) >= 11 is 3.03. The second kappa shape index (κ2) is 5.74. The molecule has 3 aromatic rings.